The number of ether oxygens (including phenoxy) is 2. The van der Waals surface area contributed by atoms with Crippen molar-refractivity contribution in [2.75, 3.05) is 12.4 Å². The fourth-order valence-corrected chi connectivity index (χ4v) is 2.80. The third kappa shape index (κ3) is 5.57. The Morgan fingerprint density at radius 2 is 1.63 bits per heavy atom. The van der Waals surface area contributed by atoms with E-state index in [9.17, 15) is 4.79 Å². The first-order valence-electron chi connectivity index (χ1n) is 9.47. The Morgan fingerprint density at radius 1 is 0.967 bits per heavy atom. The second-order valence-corrected chi connectivity index (χ2v) is 6.69. The lowest BCUT2D eigenvalue weighted by Gasteiger charge is -2.16. The highest BCUT2D eigenvalue weighted by molar-refractivity contribution is 5.89. The summed E-state index contributed by atoms with van der Waals surface area (Å²) >= 11 is 0. The summed E-state index contributed by atoms with van der Waals surface area (Å²) < 4.78 is 11.8. The van der Waals surface area contributed by atoms with Crippen molar-refractivity contribution < 1.29 is 14.3 Å². The summed E-state index contributed by atoms with van der Waals surface area (Å²) in [5.41, 5.74) is 10.5. The van der Waals surface area contributed by atoms with Gasteiger partial charge in [-0.1, -0.05) is 53.8 Å². The van der Waals surface area contributed by atoms with E-state index in [4.69, 9.17) is 15.0 Å². The van der Waals surface area contributed by atoms with Gasteiger partial charge < -0.3 is 14.8 Å². The van der Waals surface area contributed by atoms with E-state index in [0.29, 0.717) is 23.8 Å². The van der Waals surface area contributed by atoms with Crippen LogP contribution in [0, 0.1) is 12.5 Å². The van der Waals surface area contributed by atoms with Crippen LogP contribution in [0.15, 0.2) is 78.0 Å². The molecule has 0 heterocycles. The molecule has 0 aliphatic carbocycles. The molecule has 3 aromatic carbocycles. The Labute approximate surface area is 175 Å². The SMILES string of the molecule is Cc1cccc(NC(=O)N(C)N=N)c1COc1cccc(OCc2ccccc2)c1. The zero-order chi connectivity index (χ0) is 21.3. The Morgan fingerprint density at radius 3 is 2.33 bits per heavy atom. The number of hydrogen-bond donors (Lipinski definition) is 2. The van der Waals surface area contributed by atoms with E-state index in [0.717, 1.165) is 21.7 Å². The fraction of sp³-hybridized carbons (Fsp3) is 0.174. The number of urea groups is 1. The Bertz CT molecular complexity index is 1010. The molecule has 30 heavy (non-hydrogen) atoms. The quantitative estimate of drug-likeness (QED) is 0.380. The molecular formula is C23H24N4O3. The summed E-state index contributed by atoms with van der Waals surface area (Å²) in [5.74, 6) is 1.38. The molecule has 154 valence electrons. The second-order valence-electron chi connectivity index (χ2n) is 6.69. The van der Waals surface area contributed by atoms with Gasteiger partial charge in [0.25, 0.3) is 0 Å². The van der Waals surface area contributed by atoms with E-state index < -0.39 is 6.03 Å². The molecule has 3 aromatic rings. The molecule has 2 amide bonds. The molecule has 2 N–H and O–H groups in total. The third-order valence-electron chi connectivity index (χ3n) is 4.53. The maximum Gasteiger partial charge on any atom is 0.343 e. The van der Waals surface area contributed by atoms with Crippen molar-refractivity contribution in [2.24, 2.45) is 5.22 Å². The minimum absolute atomic E-state index is 0.270. The number of aryl methyl sites for hydroxylation is 1. The number of carbonyl (C=O) groups excluding carboxylic acids is 1. The maximum atomic E-state index is 12.1. The Hall–Kier alpha value is -3.87. The normalized spacial score (nSPS) is 10.2. The van der Waals surface area contributed by atoms with Crippen molar-refractivity contribution in [1.82, 2.24) is 5.01 Å². The molecule has 3 rings (SSSR count). The standard InChI is InChI=1S/C23H24N4O3/c1-17-8-6-13-22(25-23(28)27(2)26-24)21(17)16-30-20-12-7-11-19(14-20)29-15-18-9-4-3-5-10-18/h3-14,24H,15-16H2,1-2H3,(H,25,28). The van der Waals surface area contributed by atoms with E-state index in [-0.39, 0.29) is 6.61 Å². The van der Waals surface area contributed by atoms with Crippen molar-refractivity contribution in [1.29, 1.82) is 5.53 Å². The van der Waals surface area contributed by atoms with Crippen LogP contribution in [-0.2, 0) is 13.2 Å². The highest BCUT2D eigenvalue weighted by Crippen LogP contribution is 2.25. The number of nitrogens with zero attached hydrogens (tertiary/aromatic N) is 2. The lowest BCUT2D eigenvalue weighted by atomic mass is 10.1. The number of rotatable bonds is 8. The number of nitrogens with one attached hydrogen (secondary N) is 2. The smallest absolute Gasteiger partial charge is 0.343 e. The molecule has 0 saturated carbocycles. The van der Waals surface area contributed by atoms with Gasteiger partial charge in [0.05, 0.1) is 0 Å². The van der Waals surface area contributed by atoms with Gasteiger partial charge in [0.15, 0.2) is 0 Å². The van der Waals surface area contributed by atoms with Crippen LogP contribution >= 0.6 is 0 Å². The zero-order valence-electron chi connectivity index (χ0n) is 17.0. The molecule has 0 aliphatic rings. The van der Waals surface area contributed by atoms with Crippen LogP contribution in [0.3, 0.4) is 0 Å². The second kappa shape index (κ2) is 10.1. The van der Waals surface area contributed by atoms with Crippen LogP contribution in [0.5, 0.6) is 11.5 Å². The number of carbonyl (C=O) groups is 1. The summed E-state index contributed by atoms with van der Waals surface area (Å²) in [6.45, 7) is 2.70. The molecular weight excluding hydrogens is 380 g/mol. The minimum Gasteiger partial charge on any atom is -0.489 e. The van der Waals surface area contributed by atoms with E-state index in [1.54, 1.807) is 6.07 Å². The molecule has 7 nitrogen and oxygen atoms in total. The summed E-state index contributed by atoms with van der Waals surface area (Å²) in [4.78, 5) is 12.1. The number of hydrogen-bond acceptors (Lipinski definition) is 5. The van der Waals surface area contributed by atoms with Crippen molar-refractivity contribution in [2.45, 2.75) is 20.1 Å². The number of benzene rings is 3. The van der Waals surface area contributed by atoms with Crippen LogP contribution in [-0.4, -0.2) is 18.1 Å². The maximum absolute atomic E-state index is 12.1. The van der Waals surface area contributed by atoms with Crippen LogP contribution < -0.4 is 14.8 Å². The fourth-order valence-electron chi connectivity index (χ4n) is 2.80. The van der Waals surface area contributed by atoms with Gasteiger partial charge in [-0.25, -0.2) is 4.79 Å². The topological polar surface area (TPSA) is 87.0 Å². The van der Waals surface area contributed by atoms with Crippen molar-refractivity contribution >= 4 is 11.7 Å². The van der Waals surface area contributed by atoms with Crippen LogP contribution in [0.25, 0.3) is 0 Å². The first-order chi connectivity index (χ1) is 14.6. The molecule has 0 atom stereocenters. The third-order valence-corrected chi connectivity index (χ3v) is 4.53. The van der Waals surface area contributed by atoms with E-state index >= 15 is 0 Å². The van der Waals surface area contributed by atoms with Crippen LogP contribution in [0.2, 0.25) is 0 Å². The van der Waals surface area contributed by atoms with Crippen LogP contribution in [0.4, 0.5) is 10.5 Å². The Kier molecular flexibility index (Phi) is 7.00. The molecule has 0 bridgehead atoms. The molecule has 0 spiro atoms. The summed E-state index contributed by atoms with van der Waals surface area (Å²) in [6.07, 6.45) is 0. The van der Waals surface area contributed by atoms with Gasteiger partial charge in [-0.05, 0) is 36.2 Å². The number of amides is 2. The molecule has 0 aromatic heterocycles. The first kappa shape index (κ1) is 20.9. The molecule has 7 heteroatoms. The lowest BCUT2D eigenvalue weighted by Crippen LogP contribution is -2.27. The van der Waals surface area contributed by atoms with E-state index in [2.05, 4.69) is 10.5 Å². The predicted octanol–water partition coefficient (Wildman–Crippen LogP) is 5.56. The minimum atomic E-state index is -0.492. The molecule has 0 saturated heterocycles. The highest BCUT2D eigenvalue weighted by atomic mass is 16.5. The monoisotopic (exact) mass is 404 g/mol. The zero-order valence-corrected chi connectivity index (χ0v) is 17.0. The number of anilines is 1. The Balaban J connectivity index is 1.67. The van der Waals surface area contributed by atoms with Crippen molar-refractivity contribution in [3.05, 3.63) is 89.5 Å². The van der Waals surface area contributed by atoms with Gasteiger partial charge in [-0.2, -0.15) is 10.5 Å². The summed E-state index contributed by atoms with van der Waals surface area (Å²) in [7, 11) is 1.41. The van der Waals surface area contributed by atoms with Crippen molar-refractivity contribution in [3.8, 4) is 11.5 Å². The lowest BCUT2D eigenvalue weighted by molar-refractivity contribution is 0.220. The van der Waals surface area contributed by atoms with Gasteiger partial charge in [0.1, 0.15) is 24.7 Å². The van der Waals surface area contributed by atoms with E-state index in [1.165, 1.54) is 7.05 Å². The van der Waals surface area contributed by atoms with Gasteiger partial charge >= 0.3 is 6.03 Å². The molecule has 0 radical (unpaired) electrons. The molecule has 0 unspecified atom stereocenters. The van der Waals surface area contributed by atoms with Gasteiger partial charge in [-0.15, -0.1) is 0 Å². The van der Waals surface area contributed by atoms with E-state index in [1.807, 2.05) is 73.7 Å². The largest absolute Gasteiger partial charge is 0.489 e. The van der Waals surface area contributed by atoms with Gasteiger partial charge in [0.2, 0.25) is 0 Å². The predicted molar refractivity (Wildman–Crippen MR) is 115 cm³/mol. The van der Waals surface area contributed by atoms with Gasteiger partial charge in [0, 0.05) is 24.4 Å². The first-order valence-corrected chi connectivity index (χ1v) is 9.47. The average Bonchev–Trinajstić information content (AvgIpc) is 2.77. The summed E-state index contributed by atoms with van der Waals surface area (Å²) in [6, 6.07) is 22.5. The summed E-state index contributed by atoms with van der Waals surface area (Å²) in [5, 5.41) is 6.78. The van der Waals surface area contributed by atoms with Crippen molar-refractivity contribution in [3.63, 3.8) is 0 Å². The van der Waals surface area contributed by atoms with Crippen LogP contribution in [0.1, 0.15) is 16.7 Å². The molecule has 0 aliphatic heterocycles. The molecule has 0 fully saturated rings. The highest BCUT2D eigenvalue weighted by Gasteiger charge is 2.13. The average molecular weight is 404 g/mol. The van der Waals surface area contributed by atoms with Gasteiger partial charge in [-0.3, -0.25) is 0 Å².